The van der Waals surface area contributed by atoms with Crippen LogP contribution in [0.2, 0.25) is 10.0 Å². The lowest BCUT2D eigenvalue weighted by Crippen LogP contribution is -2.21. The summed E-state index contributed by atoms with van der Waals surface area (Å²) >= 11 is 13.7. The Bertz CT molecular complexity index is 531. The number of rotatable bonds is 7. The average Bonchev–Trinajstić information content (AvgIpc) is 2.93. The first-order chi connectivity index (χ1) is 9.70. The summed E-state index contributed by atoms with van der Waals surface area (Å²) in [6.45, 7) is 2.94. The van der Waals surface area contributed by atoms with Gasteiger partial charge in [0.1, 0.15) is 0 Å². The van der Waals surface area contributed by atoms with Crippen LogP contribution in [0.15, 0.2) is 24.4 Å². The lowest BCUT2D eigenvalue weighted by Gasteiger charge is -2.20. The van der Waals surface area contributed by atoms with Gasteiger partial charge < -0.3 is 5.32 Å². The summed E-state index contributed by atoms with van der Waals surface area (Å²) in [4.78, 5) is 1.12. The van der Waals surface area contributed by atoms with Crippen molar-refractivity contribution in [3.8, 4) is 0 Å². The molecule has 6 heteroatoms. The fourth-order valence-corrected chi connectivity index (χ4v) is 3.03. The second-order valence-corrected chi connectivity index (χ2v) is 6.34. The minimum Gasteiger partial charge on any atom is -0.305 e. The van der Waals surface area contributed by atoms with Gasteiger partial charge in [-0.2, -0.15) is 0 Å². The SMILES string of the molecule is CCCCC(NCc1cnns1)c1ccc(Cl)cc1Cl. The summed E-state index contributed by atoms with van der Waals surface area (Å²) in [5.74, 6) is 0. The molecule has 0 saturated heterocycles. The van der Waals surface area contributed by atoms with E-state index in [0.29, 0.717) is 10.0 Å². The molecule has 1 aromatic heterocycles. The third-order valence-electron chi connectivity index (χ3n) is 3.11. The summed E-state index contributed by atoms with van der Waals surface area (Å²) in [5.41, 5.74) is 1.10. The van der Waals surface area contributed by atoms with E-state index >= 15 is 0 Å². The molecule has 1 N–H and O–H groups in total. The van der Waals surface area contributed by atoms with E-state index < -0.39 is 0 Å². The van der Waals surface area contributed by atoms with Crippen molar-refractivity contribution in [2.45, 2.75) is 38.8 Å². The monoisotopic (exact) mass is 329 g/mol. The first-order valence-corrected chi connectivity index (χ1v) is 8.18. The van der Waals surface area contributed by atoms with E-state index in [1.807, 2.05) is 12.1 Å². The number of benzene rings is 1. The number of nitrogens with one attached hydrogen (secondary N) is 1. The molecular weight excluding hydrogens is 313 g/mol. The summed E-state index contributed by atoms with van der Waals surface area (Å²) in [7, 11) is 0. The summed E-state index contributed by atoms with van der Waals surface area (Å²) in [6, 6.07) is 5.91. The average molecular weight is 330 g/mol. The minimum absolute atomic E-state index is 0.224. The Labute approximate surface area is 133 Å². The van der Waals surface area contributed by atoms with E-state index in [-0.39, 0.29) is 6.04 Å². The Kier molecular flexibility index (Phi) is 6.23. The number of halogens is 2. The predicted molar refractivity (Wildman–Crippen MR) is 85.5 cm³/mol. The maximum absolute atomic E-state index is 6.32. The molecule has 2 rings (SSSR count). The van der Waals surface area contributed by atoms with Crippen molar-refractivity contribution < 1.29 is 0 Å². The molecule has 1 atom stereocenters. The van der Waals surface area contributed by atoms with Gasteiger partial charge in [0.15, 0.2) is 0 Å². The maximum Gasteiger partial charge on any atom is 0.0666 e. The van der Waals surface area contributed by atoms with Gasteiger partial charge >= 0.3 is 0 Å². The topological polar surface area (TPSA) is 37.8 Å². The van der Waals surface area contributed by atoms with Crippen LogP contribution in [0.4, 0.5) is 0 Å². The van der Waals surface area contributed by atoms with Crippen LogP contribution in [-0.2, 0) is 6.54 Å². The number of aromatic nitrogens is 2. The van der Waals surface area contributed by atoms with Gasteiger partial charge in [-0.25, -0.2) is 0 Å². The van der Waals surface area contributed by atoms with Gasteiger partial charge in [-0.1, -0.05) is 53.5 Å². The van der Waals surface area contributed by atoms with E-state index in [0.717, 1.165) is 36.2 Å². The van der Waals surface area contributed by atoms with Gasteiger partial charge in [-0.05, 0) is 35.6 Å². The van der Waals surface area contributed by atoms with Gasteiger partial charge in [0.2, 0.25) is 0 Å². The van der Waals surface area contributed by atoms with Crippen LogP contribution < -0.4 is 5.32 Å². The molecular formula is C14H17Cl2N3S. The molecule has 0 amide bonds. The fraction of sp³-hybridized carbons (Fsp3) is 0.429. The molecule has 0 radical (unpaired) electrons. The molecule has 0 fully saturated rings. The largest absolute Gasteiger partial charge is 0.305 e. The zero-order chi connectivity index (χ0) is 14.4. The van der Waals surface area contributed by atoms with E-state index in [4.69, 9.17) is 23.2 Å². The third kappa shape index (κ3) is 4.42. The van der Waals surface area contributed by atoms with Crippen molar-refractivity contribution in [2.24, 2.45) is 0 Å². The van der Waals surface area contributed by atoms with Gasteiger partial charge in [0.25, 0.3) is 0 Å². The van der Waals surface area contributed by atoms with E-state index in [9.17, 15) is 0 Å². The first-order valence-electron chi connectivity index (χ1n) is 6.65. The van der Waals surface area contributed by atoms with Crippen LogP contribution in [0.3, 0.4) is 0 Å². The highest BCUT2D eigenvalue weighted by Gasteiger charge is 2.14. The summed E-state index contributed by atoms with van der Waals surface area (Å²) in [6.07, 6.45) is 5.14. The Balaban J connectivity index is 2.09. The molecule has 0 aliphatic heterocycles. The molecule has 3 nitrogen and oxygen atoms in total. The Morgan fingerprint density at radius 1 is 1.35 bits per heavy atom. The van der Waals surface area contributed by atoms with Gasteiger partial charge in [-0.3, -0.25) is 0 Å². The van der Waals surface area contributed by atoms with Crippen molar-refractivity contribution in [3.63, 3.8) is 0 Å². The molecule has 0 aliphatic carbocycles. The smallest absolute Gasteiger partial charge is 0.0666 e. The van der Waals surface area contributed by atoms with Crippen molar-refractivity contribution >= 4 is 34.7 Å². The molecule has 0 aliphatic rings. The van der Waals surface area contributed by atoms with Crippen LogP contribution in [0.1, 0.15) is 42.7 Å². The van der Waals surface area contributed by atoms with Gasteiger partial charge in [0, 0.05) is 22.6 Å². The standard InChI is InChI=1S/C14H17Cl2N3S/c1-2-3-4-14(17-8-11-9-18-19-20-11)12-6-5-10(15)7-13(12)16/h5-7,9,14,17H,2-4,8H2,1H3. The second kappa shape index (κ2) is 7.93. The van der Waals surface area contributed by atoms with E-state index in [1.165, 1.54) is 11.5 Å². The number of nitrogens with zero attached hydrogens (tertiary/aromatic N) is 2. The third-order valence-corrected chi connectivity index (χ3v) is 4.34. The lowest BCUT2D eigenvalue weighted by molar-refractivity contribution is 0.482. The Morgan fingerprint density at radius 3 is 2.85 bits per heavy atom. The molecule has 1 heterocycles. The molecule has 20 heavy (non-hydrogen) atoms. The van der Waals surface area contributed by atoms with Crippen molar-refractivity contribution in [1.82, 2.24) is 14.9 Å². The Morgan fingerprint density at radius 2 is 2.20 bits per heavy atom. The zero-order valence-electron chi connectivity index (χ0n) is 11.3. The highest BCUT2D eigenvalue weighted by Crippen LogP contribution is 2.29. The maximum atomic E-state index is 6.32. The van der Waals surface area contributed by atoms with Crippen LogP contribution in [0, 0.1) is 0 Å². The number of hydrogen-bond donors (Lipinski definition) is 1. The molecule has 0 spiro atoms. The highest BCUT2D eigenvalue weighted by molar-refractivity contribution is 7.05. The molecule has 0 bridgehead atoms. The molecule has 1 unspecified atom stereocenters. The predicted octanol–water partition coefficient (Wildman–Crippen LogP) is 4.87. The van der Waals surface area contributed by atoms with Crippen LogP contribution >= 0.6 is 34.7 Å². The van der Waals surface area contributed by atoms with Crippen molar-refractivity contribution in [2.75, 3.05) is 0 Å². The molecule has 1 aromatic carbocycles. The van der Waals surface area contributed by atoms with E-state index in [2.05, 4.69) is 21.8 Å². The van der Waals surface area contributed by atoms with Crippen LogP contribution in [0.25, 0.3) is 0 Å². The van der Waals surface area contributed by atoms with Crippen molar-refractivity contribution in [3.05, 3.63) is 44.9 Å². The molecule has 2 aromatic rings. The lowest BCUT2D eigenvalue weighted by atomic mass is 10.0. The van der Waals surface area contributed by atoms with Crippen LogP contribution in [-0.4, -0.2) is 9.59 Å². The van der Waals surface area contributed by atoms with E-state index in [1.54, 1.807) is 12.3 Å². The quantitative estimate of drug-likeness (QED) is 0.787. The van der Waals surface area contributed by atoms with Crippen molar-refractivity contribution in [1.29, 1.82) is 0 Å². The first kappa shape index (κ1) is 15.7. The Hall–Kier alpha value is -0.680. The summed E-state index contributed by atoms with van der Waals surface area (Å²) in [5, 5.41) is 8.77. The fourth-order valence-electron chi connectivity index (χ4n) is 2.05. The zero-order valence-corrected chi connectivity index (χ0v) is 13.6. The van der Waals surface area contributed by atoms with Crippen LogP contribution in [0.5, 0.6) is 0 Å². The summed E-state index contributed by atoms with van der Waals surface area (Å²) < 4.78 is 3.87. The molecule has 0 saturated carbocycles. The normalized spacial score (nSPS) is 12.6. The number of hydrogen-bond acceptors (Lipinski definition) is 4. The second-order valence-electron chi connectivity index (χ2n) is 4.63. The molecule has 108 valence electrons. The van der Waals surface area contributed by atoms with Gasteiger partial charge in [-0.15, -0.1) is 5.10 Å². The number of unbranched alkanes of at least 4 members (excludes halogenated alkanes) is 1. The van der Waals surface area contributed by atoms with Gasteiger partial charge in [0.05, 0.1) is 11.1 Å². The highest BCUT2D eigenvalue weighted by atomic mass is 35.5. The minimum atomic E-state index is 0.224.